The second kappa shape index (κ2) is 12.8. The summed E-state index contributed by atoms with van der Waals surface area (Å²) in [5.41, 5.74) is 1.81. The van der Waals surface area contributed by atoms with Crippen LogP contribution in [0, 0.1) is 0 Å². The van der Waals surface area contributed by atoms with E-state index in [2.05, 4.69) is 19.0 Å². The van der Waals surface area contributed by atoms with Crippen LogP contribution in [-0.2, 0) is 31.7 Å². The number of nitrogens with two attached hydrogens (primary N) is 1. The number of para-hydroxylation sites is 1. The lowest BCUT2D eigenvalue weighted by Crippen LogP contribution is -2.55. The fraction of sp³-hybridized carbons (Fsp3) is 0.407. The lowest BCUT2D eigenvalue weighted by Gasteiger charge is -2.44. The number of hydrogen-bond donors (Lipinski definition) is 3. The first-order chi connectivity index (χ1) is 20.9. The number of aromatic amines is 1. The van der Waals surface area contributed by atoms with Crippen molar-refractivity contribution in [2.24, 2.45) is 5.73 Å². The molecule has 1 unspecified atom stereocenters. The molecule has 11 nitrogen and oxygen atoms in total. The van der Waals surface area contributed by atoms with Crippen LogP contribution in [0.25, 0.3) is 10.9 Å². The maximum atomic E-state index is 12.8. The first-order valence-electron chi connectivity index (χ1n) is 13.3. The lowest BCUT2D eigenvalue weighted by atomic mass is 9.84. The van der Waals surface area contributed by atoms with Crippen LogP contribution < -0.4 is 14.7 Å². The Bertz CT molecular complexity index is 1650. The van der Waals surface area contributed by atoms with E-state index in [1.807, 2.05) is 30.3 Å². The van der Waals surface area contributed by atoms with Crippen molar-refractivity contribution < 1.29 is 58.4 Å². The minimum Gasteiger partial charge on any atom is -0.492 e. The molecule has 0 saturated carbocycles. The zero-order valence-corrected chi connectivity index (χ0v) is 24.1. The molecule has 1 saturated heterocycles. The Morgan fingerprint density at radius 3 is 2.29 bits per heavy atom. The Kier molecular flexibility index (Phi) is 9.60. The van der Waals surface area contributed by atoms with E-state index in [-0.39, 0.29) is 6.54 Å². The Balaban J connectivity index is 0.000000591. The van der Waals surface area contributed by atoms with Gasteiger partial charge in [-0.05, 0) is 48.7 Å². The minimum atomic E-state index is -5.79. The molecule has 2 aliphatic rings. The standard InChI is InChI=1S/C25H27F3N4O5S.C2HF3O2/c26-25(27,28)38(34,35)37-18-6-7-21-20(14-18)19-8-10-32(15-22(29)33)24(23(19)30-21)9-11-31(16-24)12-13-36-17-4-2-1-3-5-17;3-2(4,5)1(6)7/h1-7,14,30H,8-13,15-16H2,(H2,29,33);(H,6,7). The molecule has 45 heavy (non-hydrogen) atoms. The van der Waals surface area contributed by atoms with Crippen molar-refractivity contribution in [3.63, 3.8) is 0 Å². The van der Waals surface area contributed by atoms with Gasteiger partial charge in [0, 0.05) is 42.8 Å². The number of likely N-dealkylation sites (tertiary alicyclic amines) is 1. The maximum Gasteiger partial charge on any atom is 0.534 e. The van der Waals surface area contributed by atoms with Crippen molar-refractivity contribution in [3.8, 4) is 11.5 Å². The van der Waals surface area contributed by atoms with Crippen molar-refractivity contribution in [2.45, 2.75) is 30.1 Å². The predicted octanol–water partition coefficient (Wildman–Crippen LogP) is 3.35. The summed E-state index contributed by atoms with van der Waals surface area (Å²) in [5.74, 6) is -2.86. The number of ether oxygens (including phenoxy) is 1. The van der Waals surface area contributed by atoms with Gasteiger partial charge in [0.15, 0.2) is 0 Å². The number of fused-ring (bicyclic) bond motifs is 4. The number of nitrogens with zero attached hydrogens (tertiary/aromatic N) is 2. The number of nitrogens with one attached hydrogen (secondary N) is 1. The van der Waals surface area contributed by atoms with E-state index >= 15 is 0 Å². The molecule has 3 aromatic rings. The number of alkyl halides is 6. The van der Waals surface area contributed by atoms with Gasteiger partial charge < -0.3 is 24.7 Å². The molecule has 0 aliphatic carbocycles. The molecular weight excluding hydrogens is 638 g/mol. The van der Waals surface area contributed by atoms with Crippen LogP contribution in [0.3, 0.4) is 0 Å². The summed E-state index contributed by atoms with van der Waals surface area (Å²) in [7, 11) is -5.79. The highest BCUT2D eigenvalue weighted by molar-refractivity contribution is 7.88. The monoisotopic (exact) mass is 666 g/mol. The minimum absolute atomic E-state index is 0.0569. The first-order valence-corrected chi connectivity index (χ1v) is 14.7. The van der Waals surface area contributed by atoms with E-state index < -0.39 is 45.0 Å². The Labute approximate surface area is 252 Å². The maximum absolute atomic E-state index is 12.8. The molecule has 1 spiro atoms. The van der Waals surface area contributed by atoms with Gasteiger partial charge in [0.1, 0.15) is 18.1 Å². The molecule has 246 valence electrons. The first kappa shape index (κ1) is 33.9. The Hall–Kier alpha value is -4.03. The normalized spacial score (nSPS) is 19.2. The number of carbonyl (C=O) groups is 2. The average molecular weight is 667 g/mol. The second-order valence-corrected chi connectivity index (χ2v) is 11.9. The Morgan fingerprint density at radius 2 is 1.69 bits per heavy atom. The van der Waals surface area contributed by atoms with Crippen LogP contribution in [0.2, 0.25) is 0 Å². The van der Waals surface area contributed by atoms with Gasteiger partial charge in [-0.2, -0.15) is 34.8 Å². The van der Waals surface area contributed by atoms with Gasteiger partial charge in [0.2, 0.25) is 5.91 Å². The molecular formula is C27H28F6N4O7S. The highest BCUT2D eigenvalue weighted by Gasteiger charge is 2.50. The zero-order chi connectivity index (χ0) is 33.2. The quantitative estimate of drug-likeness (QED) is 0.187. The van der Waals surface area contributed by atoms with E-state index in [1.165, 1.54) is 18.2 Å². The number of aliphatic carboxylic acids is 1. The summed E-state index contributed by atoms with van der Waals surface area (Å²) in [4.78, 5) is 28.5. The molecule has 0 bridgehead atoms. The number of halogens is 6. The molecule has 0 radical (unpaired) electrons. The summed E-state index contributed by atoms with van der Waals surface area (Å²) in [5, 5.41) is 7.71. The molecule has 4 N–H and O–H groups in total. The molecule has 1 fully saturated rings. The van der Waals surface area contributed by atoms with E-state index in [9.17, 15) is 39.6 Å². The van der Waals surface area contributed by atoms with Gasteiger partial charge in [-0.25, -0.2) is 4.79 Å². The topological polar surface area (TPSA) is 155 Å². The summed E-state index contributed by atoms with van der Waals surface area (Å²) >= 11 is 0. The molecule has 5 rings (SSSR count). The molecule has 3 heterocycles. The molecule has 2 aliphatic heterocycles. The number of H-pyrrole nitrogens is 1. The van der Waals surface area contributed by atoms with Crippen LogP contribution >= 0.6 is 0 Å². The zero-order valence-electron chi connectivity index (χ0n) is 23.3. The van der Waals surface area contributed by atoms with Crippen molar-refractivity contribution in [1.82, 2.24) is 14.8 Å². The van der Waals surface area contributed by atoms with Gasteiger partial charge in [-0.15, -0.1) is 0 Å². The predicted molar refractivity (Wildman–Crippen MR) is 147 cm³/mol. The molecule has 1 amide bonds. The number of carboxylic acids is 1. The fourth-order valence-corrected chi connectivity index (χ4v) is 5.93. The summed E-state index contributed by atoms with van der Waals surface area (Å²) < 4.78 is 104. The van der Waals surface area contributed by atoms with Crippen LogP contribution in [0.5, 0.6) is 11.5 Å². The third kappa shape index (κ3) is 7.62. The third-order valence-electron chi connectivity index (χ3n) is 7.40. The van der Waals surface area contributed by atoms with Crippen LogP contribution in [-0.4, -0.2) is 91.2 Å². The van der Waals surface area contributed by atoms with Crippen molar-refractivity contribution in [3.05, 3.63) is 59.8 Å². The van der Waals surface area contributed by atoms with Gasteiger partial charge in [-0.1, -0.05) is 18.2 Å². The van der Waals surface area contributed by atoms with Gasteiger partial charge in [0.05, 0.1) is 12.1 Å². The molecule has 2 aromatic carbocycles. The Morgan fingerprint density at radius 1 is 1.02 bits per heavy atom. The van der Waals surface area contributed by atoms with Gasteiger partial charge in [-0.3, -0.25) is 14.6 Å². The average Bonchev–Trinajstić information content (AvgIpc) is 3.52. The lowest BCUT2D eigenvalue weighted by molar-refractivity contribution is -0.192. The molecule has 1 aromatic heterocycles. The van der Waals surface area contributed by atoms with Gasteiger partial charge in [0.25, 0.3) is 0 Å². The summed E-state index contributed by atoms with van der Waals surface area (Å²) in [6.07, 6.45) is -3.89. The third-order valence-corrected chi connectivity index (χ3v) is 8.38. The van der Waals surface area contributed by atoms with E-state index in [0.29, 0.717) is 50.0 Å². The van der Waals surface area contributed by atoms with Crippen molar-refractivity contribution in [1.29, 1.82) is 0 Å². The highest BCUT2D eigenvalue weighted by atomic mass is 32.2. The van der Waals surface area contributed by atoms with E-state index in [0.717, 1.165) is 23.6 Å². The van der Waals surface area contributed by atoms with Crippen molar-refractivity contribution in [2.75, 3.05) is 39.3 Å². The number of carbonyl (C=O) groups excluding carboxylic acids is 1. The van der Waals surface area contributed by atoms with Crippen molar-refractivity contribution >= 4 is 32.9 Å². The smallest absolute Gasteiger partial charge is 0.492 e. The van der Waals surface area contributed by atoms with E-state index in [1.54, 1.807) is 0 Å². The number of aromatic nitrogens is 1. The van der Waals surface area contributed by atoms with Crippen LogP contribution in [0.4, 0.5) is 26.3 Å². The summed E-state index contributed by atoms with van der Waals surface area (Å²) in [6, 6.07) is 13.5. The van der Waals surface area contributed by atoms with Crippen LogP contribution in [0.1, 0.15) is 17.7 Å². The number of benzene rings is 2. The second-order valence-electron chi connectivity index (χ2n) is 10.3. The number of primary amides is 1. The number of amides is 1. The fourth-order valence-electron chi connectivity index (χ4n) is 5.48. The van der Waals surface area contributed by atoms with Crippen LogP contribution in [0.15, 0.2) is 48.5 Å². The number of rotatable bonds is 8. The SMILES string of the molecule is NC(=O)CN1CCc2c([nH]c3ccc(OS(=O)(=O)C(F)(F)F)cc23)C12CCN(CCOc1ccccc1)C2.O=C(O)C(F)(F)F. The molecule has 1 atom stereocenters. The molecule has 18 heteroatoms. The number of carboxylic acid groups (broad SMARTS) is 1. The largest absolute Gasteiger partial charge is 0.534 e. The highest BCUT2D eigenvalue weighted by Crippen LogP contribution is 2.45. The summed E-state index contributed by atoms with van der Waals surface area (Å²) in [6.45, 7) is 3.02. The van der Waals surface area contributed by atoms with Gasteiger partial charge >= 0.3 is 27.8 Å². The van der Waals surface area contributed by atoms with E-state index in [4.69, 9.17) is 20.4 Å². The number of hydrogen-bond acceptors (Lipinski definition) is 8.